The second kappa shape index (κ2) is 8.57. The Labute approximate surface area is 173 Å². The number of nitrogens with zero attached hydrogens (tertiary/aromatic N) is 1. The molecule has 7 nitrogen and oxygen atoms in total. The van der Waals surface area contributed by atoms with Crippen molar-refractivity contribution >= 4 is 23.0 Å². The van der Waals surface area contributed by atoms with Gasteiger partial charge in [-0.2, -0.15) is 0 Å². The van der Waals surface area contributed by atoms with Gasteiger partial charge in [0.05, 0.1) is 18.0 Å². The fraction of sp³-hybridized carbons (Fsp3) is 0.348. The third kappa shape index (κ3) is 4.15. The van der Waals surface area contributed by atoms with Gasteiger partial charge in [0.2, 0.25) is 0 Å². The van der Waals surface area contributed by atoms with Gasteiger partial charge in [0.15, 0.2) is 11.7 Å². The summed E-state index contributed by atoms with van der Waals surface area (Å²) in [4.78, 5) is 36.8. The van der Waals surface area contributed by atoms with Gasteiger partial charge in [0, 0.05) is 6.54 Å². The minimum atomic E-state index is -0.913. The number of rotatable bonds is 6. The zero-order valence-electron chi connectivity index (χ0n) is 16.8. The van der Waals surface area contributed by atoms with Gasteiger partial charge in [-0.25, -0.2) is 4.79 Å². The lowest BCUT2D eigenvalue weighted by molar-refractivity contribution is -0.155. The first-order valence-corrected chi connectivity index (χ1v) is 10.2. The largest absolute Gasteiger partial charge is 0.452 e. The predicted octanol–water partition coefficient (Wildman–Crippen LogP) is 3.11. The molecule has 0 unspecified atom stereocenters. The first-order chi connectivity index (χ1) is 14.5. The van der Waals surface area contributed by atoms with Crippen LogP contribution in [-0.4, -0.2) is 22.5 Å². The summed E-state index contributed by atoms with van der Waals surface area (Å²) in [5, 5.41) is 3.00. The molecule has 1 N–H and O–H groups in total. The van der Waals surface area contributed by atoms with Crippen LogP contribution < -0.4 is 11.1 Å². The highest BCUT2D eigenvalue weighted by Gasteiger charge is 2.25. The maximum absolute atomic E-state index is 12.6. The lowest BCUT2D eigenvalue weighted by atomic mass is 9.87. The molecule has 0 saturated heterocycles. The minimum Gasteiger partial charge on any atom is -0.452 e. The molecule has 0 aliphatic heterocycles. The number of fused-ring (bicyclic) bond motifs is 2. The average molecular weight is 408 g/mol. The van der Waals surface area contributed by atoms with E-state index < -0.39 is 17.8 Å². The van der Waals surface area contributed by atoms with E-state index in [-0.39, 0.29) is 24.9 Å². The quantitative estimate of drug-likeness (QED) is 0.633. The van der Waals surface area contributed by atoms with Gasteiger partial charge in [-0.3, -0.25) is 14.2 Å². The van der Waals surface area contributed by atoms with Crippen molar-refractivity contribution in [3.05, 3.63) is 70.2 Å². The van der Waals surface area contributed by atoms with Crippen LogP contribution in [0.1, 0.15) is 43.4 Å². The van der Waals surface area contributed by atoms with Gasteiger partial charge < -0.3 is 14.5 Å². The molecule has 1 aliphatic rings. The van der Waals surface area contributed by atoms with E-state index in [1.54, 1.807) is 31.2 Å². The molecule has 2 atom stereocenters. The van der Waals surface area contributed by atoms with Crippen LogP contribution in [0, 0.1) is 0 Å². The van der Waals surface area contributed by atoms with Crippen molar-refractivity contribution in [2.24, 2.45) is 0 Å². The van der Waals surface area contributed by atoms with Crippen molar-refractivity contribution < 1.29 is 18.7 Å². The summed E-state index contributed by atoms with van der Waals surface area (Å²) in [6.07, 6.45) is 1.93. The van der Waals surface area contributed by atoms with E-state index in [9.17, 15) is 14.4 Å². The normalized spacial score (nSPS) is 16.6. The lowest BCUT2D eigenvalue weighted by Crippen LogP contribution is -2.39. The fourth-order valence-corrected chi connectivity index (χ4v) is 3.93. The summed E-state index contributed by atoms with van der Waals surface area (Å²) in [5.74, 6) is -1.39. The van der Waals surface area contributed by atoms with Gasteiger partial charge in [-0.15, -0.1) is 0 Å². The molecule has 156 valence electrons. The molecule has 0 radical (unpaired) electrons. The van der Waals surface area contributed by atoms with E-state index in [1.165, 1.54) is 10.1 Å². The summed E-state index contributed by atoms with van der Waals surface area (Å²) in [6, 6.07) is 15.0. The van der Waals surface area contributed by atoms with Crippen LogP contribution in [0.2, 0.25) is 0 Å². The number of carbonyl (C=O) groups is 2. The van der Waals surface area contributed by atoms with E-state index >= 15 is 0 Å². The molecule has 1 heterocycles. The molecule has 0 spiro atoms. The van der Waals surface area contributed by atoms with Crippen LogP contribution in [0.5, 0.6) is 0 Å². The van der Waals surface area contributed by atoms with Crippen LogP contribution in [0.4, 0.5) is 0 Å². The number of amides is 1. The summed E-state index contributed by atoms with van der Waals surface area (Å²) < 4.78 is 11.8. The molecule has 4 rings (SSSR count). The number of para-hydroxylation sites is 2. The number of aromatic nitrogens is 1. The number of oxazole rings is 1. The molecule has 0 fully saturated rings. The van der Waals surface area contributed by atoms with Crippen molar-refractivity contribution in [3.63, 3.8) is 0 Å². The Morgan fingerprint density at radius 1 is 1.20 bits per heavy atom. The summed E-state index contributed by atoms with van der Waals surface area (Å²) in [5.41, 5.74) is 3.46. The Morgan fingerprint density at radius 3 is 2.83 bits per heavy atom. The van der Waals surface area contributed by atoms with Gasteiger partial charge in [0.1, 0.15) is 0 Å². The molecule has 0 bridgehead atoms. The Balaban J connectivity index is 1.33. The van der Waals surface area contributed by atoms with Crippen molar-refractivity contribution in [1.82, 2.24) is 9.88 Å². The predicted molar refractivity (Wildman–Crippen MR) is 111 cm³/mol. The zero-order chi connectivity index (χ0) is 21.1. The first-order valence-electron chi connectivity index (χ1n) is 10.2. The van der Waals surface area contributed by atoms with E-state index in [4.69, 9.17) is 9.15 Å². The van der Waals surface area contributed by atoms with Gasteiger partial charge in [-0.05, 0) is 49.4 Å². The SMILES string of the molecule is C[C@@H](OC(=O)CCn1c(=O)oc2ccccc21)C(=O)N[C@H]1CCCc2ccccc21. The molecule has 7 heteroatoms. The Bertz CT molecular complexity index is 1130. The molecule has 1 amide bonds. The smallest absolute Gasteiger partial charge is 0.419 e. The molecular formula is C23H24N2O5. The molecule has 3 aromatic rings. The van der Waals surface area contributed by atoms with E-state index in [2.05, 4.69) is 11.4 Å². The number of ether oxygens (including phenoxy) is 1. The van der Waals surface area contributed by atoms with E-state index in [0.29, 0.717) is 11.1 Å². The Kier molecular flexibility index (Phi) is 5.70. The highest BCUT2D eigenvalue weighted by molar-refractivity contribution is 5.83. The molecule has 0 saturated carbocycles. The summed E-state index contributed by atoms with van der Waals surface area (Å²) >= 11 is 0. The topological polar surface area (TPSA) is 90.5 Å². The van der Waals surface area contributed by atoms with Crippen LogP contribution in [0.15, 0.2) is 57.7 Å². The van der Waals surface area contributed by atoms with Gasteiger partial charge >= 0.3 is 11.7 Å². The molecule has 2 aromatic carbocycles. The van der Waals surface area contributed by atoms with Crippen molar-refractivity contribution in [2.75, 3.05) is 0 Å². The fourth-order valence-electron chi connectivity index (χ4n) is 3.93. The maximum atomic E-state index is 12.6. The maximum Gasteiger partial charge on any atom is 0.419 e. The van der Waals surface area contributed by atoms with Crippen LogP contribution >= 0.6 is 0 Å². The second-order valence-electron chi connectivity index (χ2n) is 7.52. The highest BCUT2D eigenvalue weighted by atomic mass is 16.5. The molecule has 30 heavy (non-hydrogen) atoms. The summed E-state index contributed by atoms with van der Waals surface area (Å²) in [6.45, 7) is 1.68. The number of nitrogens with one attached hydrogen (secondary N) is 1. The molecule has 1 aliphatic carbocycles. The Morgan fingerprint density at radius 2 is 1.97 bits per heavy atom. The standard InChI is InChI=1S/C23H24N2O5/c1-15(22(27)24-18-10-6-8-16-7-2-3-9-17(16)18)29-21(26)13-14-25-19-11-4-5-12-20(19)30-23(25)28/h2-5,7,9,11-12,15,18H,6,8,10,13-14H2,1H3,(H,24,27)/t15-,18+/m1/s1. The van der Waals surface area contributed by atoms with Crippen LogP contribution in [0.3, 0.4) is 0 Å². The third-order valence-corrected chi connectivity index (χ3v) is 5.48. The molecular weight excluding hydrogens is 384 g/mol. The zero-order valence-corrected chi connectivity index (χ0v) is 16.8. The van der Waals surface area contributed by atoms with E-state index in [1.807, 2.05) is 18.2 Å². The van der Waals surface area contributed by atoms with Crippen LogP contribution in [-0.2, 0) is 27.3 Å². The second-order valence-corrected chi connectivity index (χ2v) is 7.52. The number of benzene rings is 2. The summed E-state index contributed by atoms with van der Waals surface area (Å²) in [7, 11) is 0. The minimum absolute atomic E-state index is 0.0344. The Hall–Kier alpha value is -3.35. The molecule has 1 aromatic heterocycles. The van der Waals surface area contributed by atoms with E-state index in [0.717, 1.165) is 24.8 Å². The van der Waals surface area contributed by atoms with Crippen LogP contribution in [0.25, 0.3) is 11.1 Å². The van der Waals surface area contributed by atoms with Gasteiger partial charge in [0.25, 0.3) is 5.91 Å². The van der Waals surface area contributed by atoms with Gasteiger partial charge in [-0.1, -0.05) is 36.4 Å². The number of carbonyl (C=O) groups excluding carboxylic acids is 2. The number of aryl methyl sites for hydroxylation is 2. The van der Waals surface area contributed by atoms with Crippen molar-refractivity contribution in [2.45, 2.75) is 51.3 Å². The van der Waals surface area contributed by atoms with Crippen molar-refractivity contribution in [3.8, 4) is 0 Å². The number of hydrogen-bond donors (Lipinski definition) is 1. The average Bonchev–Trinajstić information content (AvgIpc) is 3.07. The lowest BCUT2D eigenvalue weighted by Gasteiger charge is -2.27. The third-order valence-electron chi connectivity index (χ3n) is 5.48. The number of hydrogen-bond acceptors (Lipinski definition) is 5. The number of esters is 1. The monoisotopic (exact) mass is 408 g/mol. The first kappa shape index (κ1) is 19.9. The highest BCUT2D eigenvalue weighted by Crippen LogP contribution is 2.29. The van der Waals surface area contributed by atoms with Crippen molar-refractivity contribution in [1.29, 1.82) is 0 Å².